The van der Waals surface area contributed by atoms with Gasteiger partial charge in [-0.3, -0.25) is 4.79 Å². The summed E-state index contributed by atoms with van der Waals surface area (Å²) in [5.74, 6) is 0.908. The second kappa shape index (κ2) is 8.79. The predicted octanol–water partition coefficient (Wildman–Crippen LogP) is 4.07. The monoisotopic (exact) mass is 427 g/mol. The minimum Gasteiger partial charge on any atom is -0.493 e. The summed E-state index contributed by atoms with van der Waals surface area (Å²) >= 11 is 0. The van der Waals surface area contributed by atoms with E-state index < -0.39 is 5.41 Å². The number of rotatable bonds is 7. The van der Waals surface area contributed by atoms with Crippen molar-refractivity contribution in [3.05, 3.63) is 101 Å². The van der Waals surface area contributed by atoms with E-state index in [0.717, 1.165) is 62.4 Å². The molecular formula is C28H31N2O2+. The highest BCUT2D eigenvalue weighted by molar-refractivity contribution is 5.91. The van der Waals surface area contributed by atoms with Gasteiger partial charge in [-0.1, -0.05) is 72.8 Å². The number of likely N-dealkylation sites (tertiary alicyclic amines) is 1. The molecule has 3 aromatic rings. The molecule has 2 heterocycles. The number of carbonyl (C=O) groups excluding carboxylic acids is 1. The fourth-order valence-electron chi connectivity index (χ4n) is 5.60. The Morgan fingerprint density at radius 3 is 2.38 bits per heavy atom. The summed E-state index contributed by atoms with van der Waals surface area (Å²) in [7, 11) is 0. The lowest BCUT2D eigenvalue weighted by molar-refractivity contribution is -0.123. The van der Waals surface area contributed by atoms with Crippen LogP contribution in [0.3, 0.4) is 0 Å². The van der Waals surface area contributed by atoms with Gasteiger partial charge in [0.2, 0.25) is 5.91 Å². The summed E-state index contributed by atoms with van der Waals surface area (Å²) in [5, 5.41) is 0. The van der Waals surface area contributed by atoms with E-state index in [-0.39, 0.29) is 13.3 Å². The summed E-state index contributed by atoms with van der Waals surface area (Å²) in [6.45, 7) is 3.61. The molecule has 32 heavy (non-hydrogen) atoms. The van der Waals surface area contributed by atoms with E-state index in [1.54, 1.807) is 0 Å². The van der Waals surface area contributed by atoms with Gasteiger partial charge in [-0.15, -0.1) is 0 Å². The largest absolute Gasteiger partial charge is 1.00 e. The van der Waals surface area contributed by atoms with E-state index >= 15 is 0 Å². The van der Waals surface area contributed by atoms with Crippen LogP contribution in [0.1, 0.15) is 30.1 Å². The van der Waals surface area contributed by atoms with Crippen molar-refractivity contribution in [2.75, 3.05) is 26.2 Å². The zero-order chi connectivity index (χ0) is 22.0. The number of hydrogen-bond acceptors (Lipinski definition) is 3. The number of primary amides is 1. The Bertz CT molecular complexity index is 1050. The number of amides is 1. The third-order valence-corrected chi connectivity index (χ3v) is 7.20. The van der Waals surface area contributed by atoms with E-state index in [1.165, 1.54) is 11.1 Å². The van der Waals surface area contributed by atoms with Gasteiger partial charge in [0.05, 0.1) is 6.61 Å². The quantitative estimate of drug-likeness (QED) is 0.618. The Labute approximate surface area is 191 Å². The lowest BCUT2D eigenvalue weighted by Crippen LogP contribution is -2.49. The highest BCUT2D eigenvalue weighted by Crippen LogP contribution is 2.43. The van der Waals surface area contributed by atoms with Gasteiger partial charge in [-0.2, -0.15) is 0 Å². The number of nitrogens with two attached hydrogens (primary N) is 1. The standard InChI is InChI=1S/C28H30N2O2/c29-27(31)28(23-7-3-1-4-8-23,24-9-5-2-6-10-24)25-14-17-30(20-25)16-13-21-11-12-26-22(19-21)15-18-32-26/h1-12,19,25H,13-18,20H2,(H2,29,31)/p+1/t25-/m1/s1. The number of ether oxygens (including phenoxy) is 1. The molecule has 4 nitrogen and oxygen atoms in total. The van der Waals surface area contributed by atoms with Crippen LogP contribution in [-0.4, -0.2) is 37.0 Å². The maximum absolute atomic E-state index is 13.2. The smallest absolute Gasteiger partial charge is 0.493 e. The molecule has 2 aliphatic heterocycles. The molecule has 0 bridgehead atoms. The van der Waals surface area contributed by atoms with Crippen LogP contribution in [0.2, 0.25) is 0 Å². The topological polar surface area (TPSA) is 55.6 Å². The third-order valence-electron chi connectivity index (χ3n) is 7.20. The van der Waals surface area contributed by atoms with Crippen LogP contribution in [0, 0.1) is 5.92 Å². The maximum Gasteiger partial charge on any atom is 1.00 e. The average Bonchev–Trinajstić information content (AvgIpc) is 3.49. The lowest BCUT2D eigenvalue weighted by Gasteiger charge is -2.37. The molecule has 1 amide bonds. The molecule has 2 aliphatic rings. The highest BCUT2D eigenvalue weighted by Gasteiger charge is 2.49. The molecule has 1 atom stereocenters. The summed E-state index contributed by atoms with van der Waals surface area (Å²) in [5.41, 5.74) is 10.0. The van der Waals surface area contributed by atoms with Gasteiger partial charge >= 0.3 is 1.43 Å². The molecule has 0 aromatic heterocycles. The summed E-state index contributed by atoms with van der Waals surface area (Å²) in [4.78, 5) is 15.7. The van der Waals surface area contributed by atoms with Crippen LogP contribution in [0.15, 0.2) is 78.9 Å². The van der Waals surface area contributed by atoms with Crippen LogP contribution in [0.4, 0.5) is 0 Å². The van der Waals surface area contributed by atoms with Crippen molar-refractivity contribution in [2.45, 2.75) is 24.7 Å². The number of nitrogens with zero attached hydrogens (tertiary/aromatic N) is 1. The lowest BCUT2D eigenvalue weighted by atomic mass is 9.64. The average molecular weight is 428 g/mol. The molecule has 0 spiro atoms. The van der Waals surface area contributed by atoms with Crippen LogP contribution in [0.25, 0.3) is 0 Å². The van der Waals surface area contributed by atoms with E-state index in [9.17, 15) is 4.79 Å². The fourth-order valence-corrected chi connectivity index (χ4v) is 5.60. The number of carbonyl (C=O) groups is 1. The zero-order valence-corrected chi connectivity index (χ0v) is 18.4. The molecule has 0 unspecified atom stereocenters. The summed E-state index contributed by atoms with van der Waals surface area (Å²) in [6, 6.07) is 26.7. The van der Waals surface area contributed by atoms with Gasteiger partial charge in [0.15, 0.2) is 0 Å². The minimum atomic E-state index is -0.817. The van der Waals surface area contributed by atoms with Crippen molar-refractivity contribution >= 4 is 5.91 Å². The first-order valence-corrected chi connectivity index (χ1v) is 11.6. The molecule has 1 fully saturated rings. The van der Waals surface area contributed by atoms with Crippen LogP contribution >= 0.6 is 0 Å². The molecule has 164 valence electrons. The van der Waals surface area contributed by atoms with Crippen molar-refractivity contribution in [3.63, 3.8) is 0 Å². The SMILES string of the molecule is NC(=O)C(c1ccccc1)(c1ccccc1)[C@@H]1CCN(CCc2ccc3c(c2)CCO3)C1.[H+]. The first kappa shape index (κ1) is 20.8. The number of fused-ring (bicyclic) bond motifs is 1. The normalized spacial score (nSPS) is 18.3. The van der Waals surface area contributed by atoms with E-state index in [0.29, 0.717) is 0 Å². The van der Waals surface area contributed by atoms with Gasteiger partial charge in [-0.05, 0) is 53.6 Å². The van der Waals surface area contributed by atoms with Gasteiger partial charge < -0.3 is 15.4 Å². The first-order chi connectivity index (χ1) is 15.7. The van der Waals surface area contributed by atoms with E-state index in [1.807, 2.05) is 60.7 Å². The van der Waals surface area contributed by atoms with Gasteiger partial charge in [0.25, 0.3) is 0 Å². The first-order valence-electron chi connectivity index (χ1n) is 11.6. The van der Waals surface area contributed by atoms with Gasteiger partial charge in [0, 0.05) is 19.5 Å². The summed E-state index contributed by atoms with van der Waals surface area (Å²) < 4.78 is 5.64. The van der Waals surface area contributed by atoms with E-state index in [2.05, 4.69) is 23.1 Å². The molecule has 2 N–H and O–H groups in total. The van der Waals surface area contributed by atoms with Crippen LogP contribution in [0.5, 0.6) is 5.75 Å². The molecule has 4 heteroatoms. The Balaban J connectivity index is 0.00000259. The highest BCUT2D eigenvalue weighted by atomic mass is 16.5. The second-order valence-electron chi connectivity index (χ2n) is 8.98. The van der Waals surface area contributed by atoms with Crippen molar-refractivity contribution < 1.29 is 11.0 Å². The van der Waals surface area contributed by atoms with Gasteiger partial charge in [-0.25, -0.2) is 0 Å². The Hall–Kier alpha value is -3.11. The molecule has 3 aromatic carbocycles. The fraction of sp³-hybridized carbons (Fsp3) is 0.321. The van der Waals surface area contributed by atoms with E-state index in [4.69, 9.17) is 10.5 Å². The Morgan fingerprint density at radius 2 is 1.72 bits per heavy atom. The minimum absolute atomic E-state index is 0. The van der Waals surface area contributed by atoms with Crippen molar-refractivity contribution in [1.82, 2.24) is 4.90 Å². The predicted molar refractivity (Wildman–Crippen MR) is 128 cm³/mol. The maximum atomic E-state index is 13.2. The van der Waals surface area contributed by atoms with Crippen molar-refractivity contribution in [2.24, 2.45) is 11.7 Å². The Morgan fingerprint density at radius 1 is 1.03 bits per heavy atom. The van der Waals surface area contributed by atoms with Gasteiger partial charge in [0.1, 0.15) is 11.2 Å². The molecule has 0 radical (unpaired) electrons. The summed E-state index contributed by atoms with van der Waals surface area (Å²) in [6.07, 6.45) is 2.95. The zero-order valence-electron chi connectivity index (χ0n) is 19.4. The molecular weight excluding hydrogens is 396 g/mol. The second-order valence-corrected chi connectivity index (χ2v) is 8.98. The number of benzene rings is 3. The number of hydrogen-bond donors (Lipinski definition) is 1. The Kier molecular flexibility index (Phi) is 5.71. The van der Waals surface area contributed by atoms with Crippen molar-refractivity contribution in [3.8, 4) is 5.75 Å². The molecule has 0 saturated carbocycles. The van der Waals surface area contributed by atoms with Crippen LogP contribution < -0.4 is 10.5 Å². The molecule has 5 rings (SSSR count). The molecule has 0 aliphatic carbocycles. The molecule has 1 saturated heterocycles. The third kappa shape index (κ3) is 3.69. The van der Waals surface area contributed by atoms with Crippen LogP contribution in [-0.2, 0) is 23.1 Å². The van der Waals surface area contributed by atoms with Crippen molar-refractivity contribution in [1.29, 1.82) is 0 Å².